The molecule has 0 spiro atoms. The van der Waals surface area contributed by atoms with Gasteiger partial charge in [-0.3, -0.25) is 4.98 Å². The minimum atomic E-state index is -0.0179. The van der Waals surface area contributed by atoms with Crippen LogP contribution in [0.5, 0.6) is 5.75 Å². The van der Waals surface area contributed by atoms with Crippen LogP contribution in [-0.2, 0) is 13.2 Å². The third-order valence-electron chi connectivity index (χ3n) is 3.32. The molecule has 0 atom stereocenters. The van der Waals surface area contributed by atoms with Crippen molar-refractivity contribution in [3.63, 3.8) is 0 Å². The summed E-state index contributed by atoms with van der Waals surface area (Å²) in [5.74, 6) is 0.739. The van der Waals surface area contributed by atoms with E-state index in [2.05, 4.69) is 20.9 Å². The second kappa shape index (κ2) is 6.24. The number of para-hydroxylation sites is 1. The van der Waals surface area contributed by atoms with Gasteiger partial charge in [-0.2, -0.15) is 0 Å². The van der Waals surface area contributed by atoms with E-state index in [1.807, 2.05) is 48.5 Å². The average Bonchev–Trinajstić information content (AvgIpc) is 2.54. The van der Waals surface area contributed by atoms with Crippen LogP contribution in [-0.4, -0.2) is 10.1 Å². The molecule has 106 valence electrons. The number of hydrogen-bond donors (Lipinski definition) is 1. The zero-order chi connectivity index (χ0) is 14.7. The molecule has 3 nitrogen and oxygen atoms in total. The summed E-state index contributed by atoms with van der Waals surface area (Å²) in [7, 11) is 0. The van der Waals surface area contributed by atoms with Crippen molar-refractivity contribution in [3.05, 3.63) is 70.3 Å². The van der Waals surface area contributed by atoms with Crippen LogP contribution in [0.2, 0.25) is 0 Å². The molecule has 0 aliphatic heterocycles. The molecule has 21 heavy (non-hydrogen) atoms. The first-order valence-electron chi connectivity index (χ1n) is 6.62. The van der Waals surface area contributed by atoms with E-state index in [0.29, 0.717) is 6.61 Å². The lowest BCUT2D eigenvalue weighted by atomic mass is 10.1. The standard InChI is InChI=1S/C17H14BrNO2/c18-16-6-5-14(9-13(16)10-20)21-11-12-7-8-19-17-4-2-1-3-15(12)17/h1-9,20H,10-11H2. The Morgan fingerprint density at radius 2 is 1.90 bits per heavy atom. The minimum Gasteiger partial charge on any atom is -0.489 e. The number of aliphatic hydroxyl groups excluding tert-OH is 1. The van der Waals surface area contributed by atoms with E-state index in [-0.39, 0.29) is 6.61 Å². The molecule has 3 aromatic rings. The van der Waals surface area contributed by atoms with Gasteiger partial charge < -0.3 is 9.84 Å². The van der Waals surface area contributed by atoms with Gasteiger partial charge in [0.2, 0.25) is 0 Å². The Hall–Kier alpha value is -1.91. The maximum Gasteiger partial charge on any atom is 0.120 e. The van der Waals surface area contributed by atoms with Crippen molar-refractivity contribution in [1.82, 2.24) is 4.98 Å². The molecule has 0 bridgehead atoms. The van der Waals surface area contributed by atoms with Gasteiger partial charge in [-0.15, -0.1) is 0 Å². The summed E-state index contributed by atoms with van der Waals surface area (Å²) in [4.78, 5) is 4.34. The molecule has 0 unspecified atom stereocenters. The molecule has 0 amide bonds. The normalized spacial score (nSPS) is 10.8. The monoisotopic (exact) mass is 343 g/mol. The summed E-state index contributed by atoms with van der Waals surface area (Å²) in [6.07, 6.45) is 1.79. The lowest BCUT2D eigenvalue weighted by Crippen LogP contribution is -1.98. The van der Waals surface area contributed by atoms with Gasteiger partial charge in [-0.1, -0.05) is 34.1 Å². The van der Waals surface area contributed by atoms with E-state index in [1.54, 1.807) is 6.20 Å². The smallest absolute Gasteiger partial charge is 0.120 e. The maximum atomic E-state index is 9.28. The lowest BCUT2D eigenvalue weighted by Gasteiger charge is -2.10. The Bertz CT molecular complexity index is 768. The molecular formula is C17H14BrNO2. The number of pyridine rings is 1. The van der Waals surface area contributed by atoms with E-state index in [0.717, 1.165) is 32.3 Å². The van der Waals surface area contributed by atoms with Gasteiger partial charge in [-0.25, -0.2) is 0 Å². The third kappa shape index (κ3) is 3.06. The number of ether oxygens (including phenoxy) is 1. The van der Waals surface area contributed by atoms with Crippen molar-refractivity contribution in [1.29, 1.82) is 0 Å². The summed E-state index contributed by atoms with van der Waals surface area (Å²) in [6, 6.07) is 15.6. The van der Waals surface area contributed by atoms with Gasteiger partial charge in [0.1, 0.15) is 12.4 Å². The van der Waals surface area contributed by atoms with Crippen molar-refractivity contribution < 1.29 is 9.84 Å². The molecule has 0 aliphatic rings. The van der Waals surface area contributed by atoms with Crippen molar-refractivity contribution >= 4 is 26.8 Å². The summed E-state index contributed by atoms with van der Waals surface area (Å²) >= 11 is 3.40. The topological polar surface area (TPSA) is 42.4 Å². The molecule has 0 fully saturated rings. The quantitative estimate of drug-likeness (QED) is 0.776. The van der Waals surface area contributed by atoms with Crippen LogP contribution < -0.4 is 4.74 Å². The molecule has 2 aromatic carbocycles. The van der Waals surface area contributed by atoms with E-state index >= 15 is 0 Å². The van der Waals surface area contributed by atoms with Crippen molar-refractivity contribution in [2.75, 3.05) is 0 Å². The zero-order valence-corrected chi connectivity index (χ0v) is 12.9. The Kier molecular flexibility index (Phi) is 4.18. The van der Waals surface area contributed by atoms with Crippen LogP contribution >= 0.6 is 15.9 Å². The van der Waals surface area contributed by atoms with Crippen molar-refractivity contribution in [2.24, 2.45) is 0 Å². The number of benzene rings is 2. The Labute approximate surface area is 131 Å². The summed E-state index contributed by atoms with van der Waals surface area (Å²) in [6.45, 7) is 0.450. The predicted molar refractivity (Wildman–Crippen MR) is 86.1 cm³/mol. The number of rotatable bonds is 4. The highest BCUT2D eigenvalue weighted by atomic mass is 79.9. The van der Waals surface area contributed by atoms with E-state index in [1.165, 1.54) is 0 Å². The number of aliphatic hydroxyl groups is 1. The predicted octanol–water partition coefficient (Wildman–Crippen LogP) is 4.07. The van der Waals surface area contributed by atoms with Crippen LogP contribution in [0, 0.1) is 0 Å². The minimum absolute atomic E-state index is 0.0179. The van der Waals surface area contributed by atoms with Crippen LogP contribution in [0.4, 0.5) is 0 Å². The fourth-order valence-electron chi connectivity index (χ4n) is 2.20. The molecular weight excluding hydrogens is 330 g/mol. The van der Waals surface area contributed by atoms with Crippen molar-refractivity contribution in [3.8, 4) is 5.75 Å². The first-order valence-corrected chi connectivity index (χ1v) is 7.42. The highest BCUT2D eigenvalue weighted by Gasteiger charge is 2.04. The summed E-state index contributed by atoms with van der Waals surface area (Å²) < 4.78 is 6.72. The number of nitrogens with zero attached hydrogens (tertiary/aromatic N) is 1. The van der Waals surface area contributed by atoms with Crippen molar-refractivity contribution in [2.45, 2.75) is 13.2 Å². The first-order chi connectivity index (χ1) is 10.3. The molecule has 3 rings (SSSR count). The van der Waals surface area contributed by atoms with Gasteiger partial charge in [0.15, 0.2) is 0 Å². The maximum absolute atomic E-state index is 9.28. The molecule has 0 radical (unpaired) electrons. The van der Waals surface area contributed by atoms with E-state index in [9.17, 15) is 5.11 Å². The molecule has 0 saturated carbocycles. The van der Waals surface area contributed by atoms with Gasteiger partial charge in [-0.05, 0) is 35.9 Å². The Morgan fingerprint density at radius 1 is 1.05 bits per heavy atom. The van der Waals surface area contributed by atoms with Crippen LogP contribution in [0.1, 0.15) is 11.1 Å². The van der Waals surface area contributed by atoms with Gasteiger partial charge in [0.05, 0.1) is 12.1 Å². The highest BCUT2D eigenvalue weighted by Crippen LogP contribution is 2.24. The Morgan fingerprint density at radius 3 is 2.76 bits per heavy atom. The number of hydrogen-bond acceptors (Lipinski definition) is 3. The highest BCUT2D eigenvalue weighted by molar-refractivity contribution is 9.10. The van der Waals surface area contributed by atoms with E-state index < -0.39 is 0 Å². The molecule has 0 saturated heterocycles. The average molecular weight is 344 g/mol. The summed E-state index contributed by atoms with van der Waals surface area (Å²) in [5, 5.41) is 10.4. The first kappa shape index (κ1) is 14.0. The third-order valence-corrected chi connectivity index (χ3v) is 4.09. The largest absolute Gasteiger partial charge is 0.489 e. The fraction of sp³-hybridized carbons (Fsp3) is 0.118. The lowest BCUT2D eigenvalue weighted by molar-refractivity contribution is 0.277. The van der Waals surface area contributed by atoms with Crippen LogP contribution in [0.3, 0.4) is 0 Å². The van der Waals surface area contributed by atoms with Gasteiger partial charge in [0.25, 0.3) is 0 Å². The number of fused-ring (bicyclic) bond motifs is 1. The summed E-state index contributed by atoms with van der Waals surface area (Å²) in [5.41, 5.74) is 2.87. The van der Waals surface area contributed by atoms with Gasteiger partial charge >= 0.3 is 0 Å². The molecule has 0 aliphatic carbocycles. The molecule has 4 heteroatoms. The number of halogens is 1. The molecule has 1 aromatic heterocycles. The second-order valence-corrected chi connectivity index (χ2v) is 5.54. The SMILES string of the molecule is OCc1cc(OCc2ccnc3ccccc23)ccc1Br. The number of aromatic nitrogens is 1. The van der Waals surface area contributed by atoms with Crippen LogP contribution in [0.25, 0.3) is 10.9 Å². The molecule has 1 N–H and O–H groups in total. The molecule has 1 heterocycles. The van der Waals surface area contributed by atoms with Crippen LogP contribution in [0.15, 0.2) is 59.2 Å². The fourth-order valence-corrected chi connectivity index (χ4v) is 2.58. The van der Waals surface area contributed by atoms with E-state index in [4.69, 9.17) is 4.74 Å². The Balaban J connectivity index is 1.83. The van der Waals surface area contributed by atoms with Gasteiger partial charge in [0, 0.05) is 21.6 Å². The second-order valence-electron chi connectivity index (χ2n) is 4.69. The zero-order valence-electron chi connectivity index (χ0n) is 11.3.